The summed E-state index contributed by atoms with van der Waals surface area (Å²) in [6.07, 6.45) is 0.822. The normalized spacial score (nSPS) is 14.7. The van der Waals surface area contributed by atoms with E-state index in [1.54, 1.807) is 26.0 Å². The lowest BCUT2D eigenvalue weighted by Crippen LogP contribution is -2.31. The van der Waals surface area contributed by atoms with Crippen LogP contribution in [0.5, 0.6) is 11.5 Å². The maximum absolute atomic E-state index is 11.9. The summed E-state index contributed by atoms with van der Waals surface area (Å²) in [6.45, 7) is 4.72. The molecule has 0 radical (unpaired) electrons. The van der Waals surface area contributed by atoms with Crippen molar-refractivity contribution in [1.82, 2.24) is 0 Å². The second kappa shape index (κ2) is 5.59. The van der Waals surface area contributed by atoms with Gasteiger partial charge in [-0.05, 0) is 13.8 Å². The molecule has 0 atom stereocenters. The topological polar surface area (TPSA) is 47.6 Å². The molecule has 1 aromatic rings. The zero-order chi connectivity index (χ0) is 14.0. The molecule has 1 aliphatic heterocycles. The van der Waals surface area contributed by atoms with Gasteiger partial charge in [0.15, 0.2) is 11.5 Å². The number of alkyl halides is 1. The third-order valence-electron chi connectivity index (χ3n) is 2.63. The summed E-state index contributed by atoms with van der Waals surface area (Å²) in [5, 5.41) is 3.19. The Labute approximate surface area is 125 Å². The fourth-order valence-corrected chi connectivity index (χ4v) is 1.85. The monoisotopic (exact) mass is 347 g/mol. The van der Waals surface area contributed by atoms with Crippen LogP contribution in [0.4, 0.5) is 5.69 Å². The number of hydrogen-bond donors (Lipinski definition) is 1. The number of hydrogen-bond acceptors (Lipinski definition) is 3. The Morgan fingerprint density at radius 3 is 2.47 bits per heavy atom. The van der Waals surface area contributed by atoms with Crippen LogP contribution in [0.25, 0.3) is 0 Å². The maximum atomic E-state index is 11.9. The Balaban J connectivity index is 2.27. The minimum atomic E-state index is -0.666. The van der Waals surface area contributed by atoms with Gasteiger partial charge in [-0.2, -0.15) is 0 Å². The largest absolute Gasteiger partial charge is 0.490 e. The number of halogens is 2. The average molecular weight is 349 g/mol. The van der Waals surface area contributed by atoms with Crippen molar-refractivity contribution in [2.24, 2.45) is 0 Å². The Morgan fingerprint density at radius 1 is 1.32 bits per heavy atom. The minimum absolute atomic E-state index is 0.177. The van der Waals surface area contributed by atoms with Gasteiger partial charge < -0.3 is 14.8 Å². The third kappa shape index (κ3) is 3.54. The number of carbonyl (C=O) groups is 1. The van der Waals surface area contributed by atoms with Gasteiger partial charge in [-0.1, -0.05) is 27.5 Å². The molecule has 1 N–H and O–H groups in total. The Hall–Kier alpha value is -0.940. The van der Waals surface area contributed by atoms with Crippen LogP contribution >= 0.6 is 27.5 Å². The number of rotatable bonds is 2. The van der Waals surface area contributed by atoms with E-state index in [1.165, 1.54) is 0 Å². The quantitative estimate of drug-likeness (QED) is 0.831. The Kier molecular flexibility index (Phi) is 4.26. The molecule has 6 heteroatoms. The van der Waals surface area contributed by atoms with Crippen molar-refractivity contribution >= 4 is 39.1 Å². The average Bonchev–Trinajstić information content (AvgIpc) is 2.53. The van der Waals surface area contributed by atoms with Gasteiger partial charge in [-0.15, -0.1) is 0 Å². The molecule has 1 aromatic carbocycles. The van der Waals surface area contributed by atoms with E-state index in [-0.39, 0.29) is 5.91 Å². The molecule has 0 spiro atoms. The number of fused-ring (bicyclic) bond motifs is 1. The second-order valence-electron chi connectivity index (χ2n) is 4.76. The third-order valence-corrected chi connectivity index (χ3v) is 3.30. The van der Waals surface area contributed by atoms with E-state index in [1.807, 2.05) is 0 Å². The first-order chi connectivity index (χ1) is 8.88. The lowest BCUT2D eigenvalue weighted by atomic mass is 10.2. The van der Waals surface area contributed by atoms with Crippen molar-refractivity contribution in [3.8, 4) is 11.5 Å². The molecule has 0 fully saturated rings. The van der Waals surface area contributed by atoms with Gasteiger partial charge in [0.25, 0.3) is 0 Å². The van der Waals surface area contributed by atoms with Crippen LogP contribution in [0.1, 0.15) is 20.3 Å². The highest BCUT2D eigenvalue weighted by molar-refractivity contribution is 9.10. The summed E-state index contributed by atoms with van der Waals surface area (Å²) in [7, 11) is 0. The first kappa shape index (κ1) is 14.5. The number of nitrogens with one attached hydrogen (secondary N) is 1. The van der Waals surface area contributed by atoms with Gasteiger partial charge in [0, 0.05) is 18.6 Å². The smallest absolute Gasteiger partial charge is 0.240 e. The molecule has 0 bridgehead atoms. The summed E-state index contributed by atoms with van der Waals surface area (Å²) in [5.74, 6) is 1.03. The highest BCUT2D eigenvalue weighted by Gasteiger charge is 2.25. The van der Waals surface area contributed by atoms with Crippen LogP contribution in [-0.2, 0) is 4.79 Å². The highest BCUT2D eigenvalue weighted by atomic mass is 79.9. The second-order valence-corrected chi connectivity index (χ2v) is 7.15. The first-order valence-electron chi connectivity index (χ1n) is 5.97. The zero-order valence-corrected chi connectivity index (χ0v) is 13.1. The van der Waals surface area contributed by atoms with Crippen LogP contribution < -0.4 is 14.8 Å². The van der Waals surface area contributed by atoms with Crippen molar-refractivity contribution in [1.29, 1.82) is 0 Å². The molecule has 1 heterocycles. The van der Waals surface area contributed by atoms with E-state index in [4.69, 9.17) is 21.1 Å². The van der Waals surface area contributed by atoms with E-state index in [2.05, 4.69) is 21.2 Å². The van der Waals surface area contributed by atoms with Crippen molar-refractivity contribution in [3.05, 3.63) is 17.2 Å². The van der Waals surface area contributed by atoms with E-state index in [0.717, 1.165) is 6.42 Å². The molecule has 104 valence electrons. The fourth-order valence-electron chi connectivity index (χ4n) is 1.55. The van der Waals surface area contributed by atoms with E-state index >= 15 is 0 Å². The van der Waals surface area contributed by atoms with E-state index < -0.39 is 4.32 Å². The molecule has 0 saturated heterocycles. The van der Waals surface area contributed by atoms with Gasteiger partial charge in [0.1, 0.15) is 0 Å². The molecule has 1 aliphatic rings. The summed E-state index contributed by atoms with van der Waals surface area (Å²) in [5.41, 5.74) is 0.517. The molecule has 19 heavy (non-hydrogen) atoms. The molecule has 0 saturated carbocycles. The standard InChI is InChI=1S/C13H15BrClNO3/c1-13(2,14)12(17)16-9-7-11-10(6-8(9)15)18-4-3-5-19-11/h6-7H,3-5H2,1-2H3,(H,16,17). The SMILES string of the molecule is CC(C)(Br)C(=O)Nc1cc2c(cc1Cl)OCCCO2. The predicted octanol–water partition coefficient (Wildman–Crippen LogP) is 3.61. The molecule has 2 rings (SSSR count). The van der Waals surface area contributed by atoms with Crippen LogP contribution in [-0.4, -0.2) is 23.4 Å². The molecular weight excluding hydrogens is 334 g/mol. The van der Waals surface area contributed by atoms with Crippen molar-refractivity contribution in [3.63, 3.8) is 0 Å². The molecule has 4 nitrogen and oxygen atoms in total. The number of benzene rings is 1. The summed E-state index contributed by atoms with van der Waals surface area (Å²) < 4.78 is 10.4. The predicted molar refractivity (Wildman–Crippen MR) is 78.7 cm³/mol. The first-order valence-corrected chi connectivity index (χ1v) is 7.14. The van der Waals surface area contributed by atoms with Crippen LogP contribution in [0.3, 0.4) is 0 Å². The maximum Gasteiger partial charge on any atom is 0.240 e. The summed E-state index contributed by atoms with van der Waals surface area (Å²) >= 11 is 9.45. The van der Waals surface area contributed by atoms with Crippen molar-refractivity contribution in [2.45, 2.75) is 24.6 Å². The number of ether oxygens (including phenoxy) is 2. The van der Waals surface area contributed by atoms with Gasteiger partial charge >= 0.3 is 0 Å². The fraction of sp³-hybridized carbons (Fsp3) is 0.462. The number of amides is 1. The number of carbonyl (C=O) groups excluding carboxylic acids is 1. The van der Waals surface area contributed by atoms with Gasteiger partial charge in [-0.3, -0.25) is 4.79 Å². The van der Waals surface area contributed by atoms with E-state index in [9.17, 15) is 4.79 Å². The van der Waals surface area contributed by atoms with Gasteiger partial charge in [0.05, 0.1) is 28.2 Å². The zero-order valence-electron chi connectivity index (χ0n) is 10.8. The Bertz CT molecular complexity index is 499. The lowest BCUT2D eigenvalue weighted by Gasteiger charge is -2.17. The van der Waals surface area contributed by atoms with Crippen LogP contribution in [0.2, 0.25) is 5.02 Å². The Morgan fingerprint density at radius 2 is 1.89 bits per heavy atom. The van der Waals surface area contributed by atoms with Gasteiger partial charge in [-0.25, -0.2) is 0 Å². The molecule has 0 aliphatic carbocycles. The van der Waals surface area contributed by atoms with Crippen LogP contribution in [0.15, 0.2) is 12.1 Å². The minimum Gasteiger partial charge on any atom is -0.490 e. The summed E-state index contributed by atoms with van der Waals surface area (Å²) in [6, 6.07) is 3.36. The lowest BCUT2D eigenvalue weighted by molar-refractivity contribution is -0.117. The van der Waals surface area contributed by atoms with Gasteiger partial charge in [0.2, 0.25) is 5.91 Å². The molecular formula is C13H15BrClNO3. The molecule has 0 aromatic heterocycles. The highest BCUT2D eigenvalue weighted by Crippen LogP contribution is 2.38. The summed E-state index contributed by atoms with van der Waals surface area (Å²) in [4.78, 5) is 11.9. The van der Waals surface area contributed by atoms with Crippen LogP contribution in [0, 0.1) is 0 Å². The molecule has 0 unspecified atom stereocenters. The molecule has 1 amide bonds. The van der Waals surface area contributed by atoms with E-state index in [0.29, 0.717) is 35.4 Å². The van der Waals surface area contributed by atoms with Crippen molar-refractivity contribution in [2.75, 3.05) is 18.5 Å². The number of anilines is 1. The van der Waals surface area contributed by atoms with Crippen molar-refractivity contribution < 1.29 is 14.3 Å².